The highest BCUT2D eigenvalue weighted by molar-refractivity contribution is 7.70. The molecule has 4 aromatic heterocycles. The van der Waals surface area contributed by atoms with E-state index in [0.717, 1.165) is 0 Å². The highest BCUT2D eigenvalue weighted by atomic mass is 32.2. The van der Waals surface area contributed by atoms with Gasteiger partial charge in [0.1, 0.15) is 5.69 Å². The second kappa shape index (κ2) is 9.02. The zero-order valence-electron chi connectivity index (χ0n) is 16.7. The summed E-state index contributed by atoms with van der Waals surface area (Å²) in [5, 5.41) is 0. The predicted molar refractivity (Wildman–Crippen MR) is 113 cm³/mol. The van der Waals surface area contributed by atoms with Gasteiger partial charge in [0.25, 0.3) is 0 Å². The quantitative estimate of drug-likeness (QED) is 0.388. The Bertz CT molecular complexity index is 1300. The van der Waals surface area contributed by atoms with E-state index >= 15 is 0 Å². The fourth-order valence-corrected chi connectivity index (χ4v) is 3.26. The van der Waals surface area contributed by atoms with E-state index in [1.807, 2.05) is 13.0 Å². The van der Waals surface area contributed by atoms with Gasteiger partial charge < -0.3 is 9.47 Å². The summed E-state index contributed by atoms with van der Waals surface area (Å²) < 4.78 is 36.8. The summed E-state index contributed by atoms with van der Waals surface area (Å²) in [5.74, 6) is 1.84. The van der Waals surface area contributed by atoms with Gasteiger partial charge in [-0.3, -0.25) is 4.57 Å². The minimum Gasteiger partial charge on any atom is -0.493 e. The van der Waals surface area contributed by atoms with Crippen LogP contribution in [0.2, 0.25) is 0 Å². The number of hydrogen-bond donors (Lipinski definition) is 2. The first kappa shape index (κ1) is 20.6. The normalized spacial score (nSPS) is 11.2. The van der Waals surface area contributed by atoms with Crippen molar-refractivity contribution in [3.8, 4) is 29.0 Å². The van der Waals surface area contributed by atoms with Gasteiger partial charge in [-0.1, -0.05) is 6.07 Å². The topological polar surface area (TPSA) is 134 Å². The molecule has 0 amide bonds. The standard InChI is InChI=1S/C19H19N7O4S/c1-3-30-15-8-4-6-13(24-15)17-25-16-19(23-12(10-21-16)11-22-31(27)28)26(17)18-14(29-2)7-5-9-20-18/h4-10,31H,3,11H2,1-2H3,(H,22,27,28). The van der Waals surface area contributed by atoms with E-state index in [9.17, 15) is 8.42 Å². The molecule has 31 heavy (non-hydrogen) atoms. The van der Waals surface area contributed by atoms with Crippen LogP contribution in [0.3, 0.4) is 0 Å². The molecule has 0 aliphatic carbocycles. The zero-order chi connectivity index (χ0) is 21.8. The van der Waals surface area contributed by atoms with Crippen LogP contribution in [-0.2, 0) is 17.4 Å². The van der Waals surface area contributed by atoms with E-state index in [-0.39, 0.29) is 6.54 Å². The average molecular weight is 441 g/mol. The third-order valence-corrected chi connectivity index (χ3v) is 4.65. The van der Waals surface area contributed by atoms with Crippen molar-refractivity contribution < 1.29 is 17.9 Å². The van der Waals surface area contributed by atoms with Gasteiger partial charge >= 0.3 is 0 Å². The SMILES string of the molecule is CCOc1cccc(-c2nc3ncc(CN[SH](=O)=O)nc3n2-c2ncccc2OC)n1. The molecule has 4 aromatic rings. The predicted octanol–water partition coefficient (Wildman–Crippen LogP) is 1.30. The maximum Gasteiger partial charge on any atom is 0.213 e. The molecule has 0 unspecified atom stereocenters. The number of hydrogen-bond acceptors (Lipinski definition) is 9. The number of aromatic nitrogens is 6. The van der Waals surface area contributed by atoms with Gasteiger partial charge in [0.2, 0.25) is 16.8 Å². The van der Waals surface area contributed by atoms with Crippen molar-refractivity contribution in [3.05, 3.63) is 48.4 Å². The largest absolute Gasteiger partial charge is 0.493 e. The Labute approximate surface area is 179 Å². The van der Waals surface area contributed by atoms with Crippen LogP contribution in [0.1, 0.15) is 12.6 Å². The summed E-state index contributed by atoms with van der Waals surface area (Å²) in [6.45, 7) is 2.35. The summed E-state index contributed by atoms with van der Waals surface area (Å²) >= 11 is 0. The molecule has 0 saturated heterocycles. The van der Waals surface area contributed by atoms with Crippen LogP contribution in [0.5, 0.6) is 11.6 Å². The molecule has 160 valence electrons. The number of nitrogens with zero attached hydrogens (tertiary/aromatic N) is 6. The van der Waals surface area contributed by atoms with Gasteiger partial charge in [0.05, 0.1) is 32.2 Å². The van der Waals surface area contributed by atoms with Crippen molar-refractivity contribution in [2.24, 2.45) is 0 Å². The van der Waals surface area contributed by atoms with Crippen molar-refractivity contribution in [2.75, 3.05) is 13.7 Å². The van der Waals surface area contributed by atoms with E-state index in [1.165, 1.54) is 6.20 Å². The maximum absolute atomic E-state index is 10.9. The minimum atomic E-state index is -2.76. The van der Waals surface area contributed by atoms with Gasteiger partial charge in [-0.2, -0.15) is 0 Å². The smallest absolute Gasteiger partial charge is 0.213 e. The Kier molecular flexibility index (Phi) is 6.00. The monoisotopic (exact) mass is 441 g/mol. The molecule has 0 aromatic carbocycles. The van der Waals surface area contributed by atoms with E-state index in [0.29, 0.717) is 52.6 Å². The van der Waals surface area contributed by atoms with E-state index < -0.39 is 10.9 Å². The first-order chi connectivity index (χ1) is 15.1. The van der Waals surface area contributed by atoms with Crippen molar-refractivity contribution >= 4 is 22.2 Å². The van der Waals surface area contributed by atoms with Gasteiger partial charge in [0, 0.05) is 12.3 Å². The highest BCUT2D eigenvalue weighted by Crippen LogP contribution is 2.30. The Morgan fingerprint density at radius 1 is 1.10 bits per heavy atom. The molecule has 1 N–H and O–H groups in total. The number of pyridine rings is 2. The fourth-order valence-electron chi connectivity index (χ4n) is 2.97. The lowest BCUT2D eigenvalue weighted by atomic mass is 10.3. The summed E-state index contributed by atoms with van der Waals surface area (Å²) in [6.07, 6.45) is 3.09. The Balaban J connectivity index is 1.96. The lowest BCUT2D eigenvalue weighted by Gasteiger charge is -2.12. The van der Waals surface area contributed by atoms with E-state index in [1.54, 1.807) is 42.1 Å². The first-order valence-electron chi connectivity index (χ1n) is 9.32. The average Bonchev–Trinajstić information content (AvgIpc) is 3.16. The molecule has 11 nitrogen and oxygen atoms in total. The molecule has 4 heterocycles. The summed E-state index contributed by atoms with van der Waals surface area (Å²) in [6, 6.07) is 8.88. The molecule has 0 radical (unpaired) electrons. The van der Waals surface area contributed by atoms with Crippen LogP contribution in [-0.4, -0.2) is 51.6 Å². The van der Waals surface area contributed by atoms with Crippen molar-refractivity contribution in [2.45, 2.75) is 13.5 Å². The maximum atomic E-state index is 10.9. The lowest BCUT2D eigenvalue weighted by molar-refractivity contribution is 0.327. The van der Waals surface area contributed by atoms with E-state index in [2.05, 4.69) is 29.6 Å². The zero-order valence-corrected chi connectivity index (χ0v) is 17.6. The fraction of sp³-hybridized carbons (Fsp3) is 0.211. The first-order valence-corrected chi connectivity index (χ1v) is 10.5. The van der Waals surface area contributed by atoms with Crippen LogP contribution < -0.4 is 14.2 Å². The molecule has 0 saturated carbocycles. The lowest BCUT2D eigenvalue weighted by Crippen LogP contribution is -2.12. The molecular weight excluding hydrogens is 422 g/mol. The minimum absolute atomic E-state index is 0.000411. The Morgan fingerprint density at radius 2 is 1.97 bits per heavy atom. The molecule has 0 atom stereocenters. The molecule has 0 aliphatic heterocycles. The molecule has 0 bridgehead atoms. The third-order valence-electron chi connectivity index (χ3n) is 4.24. The molecule has 0 fully saturated rings. The number of rotatable bonds is 8. The number of nitrogens with one attached hydrogen (secondary N) is 1. The van der Waals surface area contributed by atoms with Gasteiger partial charge in [-0.25, -0.2) is 38.1 Å². The summed E-state index contributed by atoms with van der Waals surface area (Å²) in [4.78, 5) is 22.5. The van der Waals surface area contributed by atoms with Crippen LogP contribution in [0, 0.1) is 0 Å². The number of imidazole rings is 1. The highest BCUT2D eigenvalue weighted by Gasteiger charge is 2.21. The van der Waals surface area contributed by atoms with Crippen molar-refractivity contribution in [3.63, 3.8) is 0 Å². The van der Waals surface area contributed by atoms with E-state index in [4.69, 9.17) is 9.47 Å². The summed E-state index contributed by atoms with van der Waals surface area (Å²) in [5.41, 5.74) is 1.68. The van der Waals surface area contributed by atoms with Gasteiger partial charge in [-0.05, 0) is 25.1 Å². The van der Waals surface area contributed by atoms with Crippen molar-refractivity contribution in [1.82, 2.24) is 34.2 Å². The second-order valence-electron chi connectivity index (χ2n) is 6.19. The van der Waals surface area contributed by atoms with Crippen LogP contribution in [0.4, 0.5) is 0 Å². The van der Waals surface area contributed by atoms with Gasteiger partial charge in [-0.15, -0.1) is 0 Å². The molecule has 4 rings (SSSR count). The molecule has 12 heteroatoms. The number of methoxy groups -OCH3 is 1. The molecule has 0 aliphatic rings. The summed E-state index contributed by atoms with van der Waals surface area (Å²) in [7, 11) is -1.22. The number of thiol groups is 1. The van der Waals surface area contributed by atoms with Crippen molar-refractivity contribution in [1.29, 1.82) is 0 Å². The number of fused-ring (bicyclic) bond motifs is 1. The number of ether oxygens (including phenoxy) is 2. The van der Waals surface area contributed by atoms with Crippen LogP contribution in [0.15, 0.2) is 42.7 Å². The second-order valence-corrected chi connectivity index (χ2v) is 7.03. The Morgan fingerprint density at radius 3 is 2.74 bits per heavy atom. The van der Waals surface area contributed by atoms with Crippen LogP contribution in [0.25, 0.3) is 28.6 Å². The molecular formula is C19H19N7O4S. The molecule has 0 spiro atoms. The van der Waals surface area contributed by atoms with Crippen LogP contribution >= 0.6 is 0 Å². The third kappa shape index (κ3) is 4.29. The van der Waals surface area contributed by atoms with Gasteiger partial charge in [0.15, 0.2) is 28.7 Å². The Hall–Kier alpha value is -3.64.